The number of fused-ring (bicyclic) bond motifs is 1. The average molecular weight is 283 g/mol. The summed E-state index contributed by atoms with van der Waals surface area (Å²) in [6.45, 7) is 5.41. The molecule has 110 valence electrons. The first-order valence-corrected chi connectivity index (χ1v) is 7.53. The van der Waals surface area contributed by atoms with Gasteiger partial charge in [-0.25, -0.2) is 4.98 Å². The van der Waals surface area contributed by atoms with Crippen LogP contribution in [0.1, 0.15) is 25.6 Å². The minimum Gasteiger partial charge on any atom is -0.351 e. The van der Waals surface area contributed by atoms with Gasteiger partial charge in [0.2, 0.25) is 5.91 Å². The number of amides is 1. The second-order valence-corrected chi connectivity index (χ2v) is 5.75. The molecule has 0 bridgehead atoms. The maximum atomic E-state index is 11.9. The van der Waals surface area contributed by atoms with Crippen LogP contribution in [0.3, 0.4) is 0 Å². The largest absolute Gasteiger partial charge is 0.351 e. The summed E-state index contributed by atoms with van der Waals surface area (Å²) >= 11 is 0. The van der Waals surface area contributed by atoms with Crippen molar-refractivity contribution in [3.8, 4) is 0 Å². The van der Waals surface area contributed by atoms with Gasteiger partial charge in [-0.2, -0.15) is 0 Å². The van der Waals surface area contributed by atoms with Gasteiger partial charge in [0.05, 0.1) is 11.0 Å². The number of aromatic nitrogens is 2. The number of rotatable bonds is 5. The smallest absolute Gasteiger partial charge is 0.243 e. The van der Waals surface area contributed by atoms with E-state index in [0.29, 0.717) is 12.5 Å². The fourth-order valence-electron chi connectivity index (χ4n) is 2.68. The van der Waals surface area contributed by atoms with Gasteiger partial charge in [0.25, 0.3) is 0 Å². The van der Waals surface area contributed by atoms with E-state index >= 15 is 0 Å². The van der Waals surface area contributed by atoms with Gasteiger partial charge in [-0.3, -0.25) is 4.79 Å². The van der Waals surface area contributed by atoms with Gasteiger partial charge in [0, 0.05) is 19.2 Å². The molecule has 1 aliphatic rings. The Kier molecular flexibility index (Phi) is 3.78. The van der Waals surface area contributed by atoms with Crippen LogP contribution in [0.5, 0.6) is 0 Å². The molecule has 1 aromatic heterocycles. The van der Waals surface area contributed by atoms with Crippen LogP contribution in [-0.4, -0.2) is 22.0 Å². The number of para-hydroxylation sites is 2. The van der Waals surface area contributed by atoms with E-state index < -0.39 is 0 Å². The number of imidazole rings is 1. The zero-order valence-electron chi connectivity index (χ0n) is 12.6. The summed E-state index contributed by atoms with van der Waals surface area (Å²) in [7, 11) is 0. The third-order valence-corrected chi connectivity index (χ3v) is 4.06. The van der Waals surface area contributed by atoms with Crippen LogP contribution in [0.15, 0.2) is 35.9 Å². The highest BCUT2D eigenvalue weighted by atomic mass is 16.1. The Morgan fingerprint density at radius 3 is 2.95 bits per heavy atom. The lowest BCUT2D eigenvalue weighted by molar-refractivity contribution is -0.116. The molecule has 0 aliphatic heterocycles. The van der Waals surface area contributed by atoms with Gasteiger partial charge in [-0.05, 0) is 44.7 Å². The van der Waals surface area contributed by atoms with Gasteiger partial charge >= 0.3 is 0 Å². The minimum absolute atomic E-state index is 0.0153. The Labute approximate surface area is 124 Å². The molecule has 4 nitrogen and oxygen atoms in total. The second-order valence-electron chi connectivity index (χ2n) is 5.75. The van der Waals surface area contributed by atoms with Crippen molar-refractivity contribution in [1.82, 2.24) is 14.9 Å². The number of aryl methyl sites for hydroxylation is 1. The Hall–Kier alpha value is -2.10. The minimum atomic E-state index is 0.0153. The van der Waals surface area contributed by atoms with E-state index in [1.165, 1.54) is 18.4 Å². The molecule has 0 radical (unpaired) electrons. The van der Waals surface area contributed by atoms with Crippen LogP contribution in [0.2, 0.25) is 0 Å². The van der Waals surface area contributed by atoms with Crippen molar-refractivity contribution < 1.29 is 4.79 Å². The monoisotopic (exact) mass is 283 g/mol. The number of nitrogens with zero attached hydrogens (tertiary/aromatic N) is 2. The molecule has 1 heterocycles. The molecular formula is C17H21N3O. The molecule has 0 saturated heterocycles. The summed E-state index contributed by atoms with van der Waals surface area (Å²) < 4.78 is 2.15. The first-order chi connectivity index (χ1) is 10.1. The number of benzene rings is 1. The quantitative estimate of drug-likeness (QED) is 0.858. The van der Waals surface area contributed by atoms with Gasteiger partial charge in [0.15, 0.2) is 0 Å². The molecule has 0 unspecified atom stereocenters. The highest BCUT2D eigenvalue weighted by Crippen LogP contribution is 2.35. The number of hydrogen-bond donors (Lipinski definition) is 1. The Morgan fingerprint density at radius 2 is 2.19 bits per heavy atom. The van der Waals surface area contributed by atoms with Gasteiger partial charge in [-0.1, -0.05) is 17.7 Å². The fraction of sp³-hybridized carbons (Fsp3) is 0.412. The van der Waals surface area contributed by atoms with Crippen molar-refractivity contribution in [2.24, 2.45) is 5.92 Å². The van der Waals surface area contributed by atoms with E-state index in [1.54, 1.807) is 6.08 Å². The molecule has 4 heteroatoms. The van der Waals surface area contributed by atoms with Crippen molar-refractivity contribution in [3.05, 3.63) is 41.7 Å². The van der Waals surface area contributed by atoms with E-state index in [4.69, 9.17) is 0 Å². The Balaban J connectivity index is 1.60. The highest BCUT2D eigenvalue weighted by Gasteiger charge is 2.23. The van der Waals surface area contributed by atoms with Crippen molar-refractivity contribution in [3.63, 3.8) is 0 Å². The molecule has 1 aliphatic carbocycles. The van der Waals surface area contributed by atoms with Crippen LogP contribution in [0.25, 0.3) is 11.0 Å². The van der Waals surface area contributed by atoms with Crippen LogP contribution in [0, 0.1) is 12.8 Å². The second kappa shape index (κ2) is 5.72. The van der Waals surface area contributed by atoms with Crippen LogP contribution < -0.4 is 5.32 Å². The molecule has 1 fully saturated rings. The number of nitrogens with one attached hydrogen (secondary N) is 1. The van der Waals surface area contributed by atoms with Gasteiger partial charge in [0.1, 0.15) is 5.82 Å². The van der Waals surface area contributed by atoms with Gasteiger partial charge < -0.3 is 9.88 Å². The molecule has 1 aromatic carbocycles. The van der Waals surface area contributed by atoms with E-state index in [9.17, 15) is 4.79 Å². The first-order valence-electron chi connectivity index (χ1n) is 7.53. The van der Waals surface area contributed by atoms with Gasteiger partial charge in [-0.15, -0.1) is 0 Å². The van der Waals surface area contributed by atoms with Crippen LogP contribution in [-0.2, 0) is 11.3 Å². The van der Waals surface area contributed by atoms with Crippen LogP contribution >= 0.6 is 0 Å². The number of carbonyl (C=O) groups excluding carboxylic acids is 1. The number of allylic oxidation sites excluding steroid dienone is 1. The lowest BCUT2D eigenvalue weighted by Gasteiger charge is -2.07. The molecule has 0 atom stereocenters. The Morgan fingerprint density at radius 1 is 1.43 bits per heavy atom. The van der Waals surface area contributed by atoms with Crippen LogP contribution in [0.4, 0.5) is 0 Å². The predicted octanol–water partition coefficient (Wildman–Crippen LogP) is 2.82. The molecule has 21 heavy (non-hydrogen) atoms. The molecule has 2 aromatic rings. The zero-order valence-corrected chi connectivity index (χ0v) is 12.6. The fourth-order valence-corrected chi connectivity index (χ4v) is 2.68. The number of carbonyl (C=O) groups is 1. The van der Waals surface area contributed by atoms with E-state index in [0.717, 1.165) is 23.4 Å². The first kappa shape index (κ1) is 13.9. The topological polar surface area (TPSA) is 46.9 Å². The molecule has 0 spiro atoms. The number of hydrogen-bond acceptors (Lipinski definition) is 2. The van der Waals surface area contributed by atoms with E-state index in [2.05, 4.69) is 20.9 Å². The lowest BCUT2D eigenvalue weighted by atomic mass is 10.2. The summed E-state index contributed by atoms with van der Waals surface area (Å²) in [6, 6.07) is 8.08. The zero-order chi connectivity index (χ0) is 14.8. The van der Waals surface area contributed by atoms with Crippen molar-refractivity contribution >= 4 is 16.9 Å². The van der Waals surface area contributed by atoms with Crippen molar-refractivity contribution in [1.29, 1.82) is 0 Å². The molecule has 1 N–H and O–H groups in total. The van der Waals surface area contributed by atoms with Crippen molar-refractivity contribution in [2.45, 2.75) is 33.2 Å². The standard InChI is InChI=1S/C17H21N3O/c1-12(14-7-8-14)11-17(21)18-9-10-20-13(2)19-15-5-3-4-6-16(15)20/h3-6,11,14H,7-10H2,1-2H3,(H,18,21)/b12-11+. The average Bonchev–Trinajstić information content (AvgIpc) is 3.25. The molecule has 3 rings (SSSR count). The molecular weight excluding hydrogens is 262 g/mol. The van der Waals surface area contributed by atoms with Crippen molar-refractivity contribution in [2.75, 3.05) is 6.54 Å². The Bertz CT molecular complexity index is 695. The summed E-state index contributed by atoms with van der Waals surface area (Å²) in [5.74, 6) is 1.65. The normalized spacial score (nSPS) is 15.4. The summed E-state index contributed by atoms with van der Waals surface area (Å²) in [4.78, 5) is 16.4. The molecule has 1 amide bonds. The third kappa shape index (κ3) is 3.15. The molecule has 1 saturated carbocycles. The SMILES string of the molecule is C/C(=C\C(=O)NCCn1c(C)nc2ccccc21)C1CC1. The highest BCUT2D eigenvalue weighted by molar-refractivity contribution is 5.88. The third-order valence-electron chi connectivity index (χ3n) is 4.06. The predicted molar refractivity (Wildman–Crippen MR) is 84.0 cm³/mol. The summed E-state index contributed by atoms with van der Waals surface area (Å²) in [6.07, 6.45) is 4.21. The summed E-state index contributed by atoms with van der Waals surface area (Å²) in [5.41, 5.74) is 3.33. The summed E-state index contributed by atoms with van der Waals surface area (Å²) in [5, 5.41) is 2.96. The van der Waals surface area contributed by atoms with E-state index in [-0.39, 0.29) is 5.91 Å². The lowest BCUT2D eigenvalue weighted by Crippen LogP contribution is -2.26. The van der Waals surface area contributed by atoms with E-state index in [1.807, 2.05) is 32.0 Å². The maximum Gasteiger partial charge on any atom is 0.243 e. The maximum absolute atomic E-state index is 11.9.